The molecule has 0 saturated heterocycles. The van der Waals surface area contributed by atoms with Crippen LogP contribution >= 0.6 is 0 Å². The molecule has 0 unspecified atom stereocenters. The van der Waals surface area contributed by atoms with E-state index in [2.05, 4.69) is 83.9 Å². The van der Waals surface area contributed by atoms with E-state index in [4.69, 9.17) is 19.9 Å². The van der Waals surface area contributed by atoms with Gasteiger partial charge in [-0.3, -0.25) is 15.3 Å². The van der Waals surface area contributed by atoms with Crippen molar-refractivity contribution in [1.82, 2.24) is 24.5 Å². The predicted molar refractivity (Wildman–Crippen MR) is 226 cm³/mol. The van der Waals surface area contributed by atoms with Crippen LogP contribution in [0.15, 0.2) is 182 Å². The number of aromatic nitrogens is 5. The van der Waals surface area contributed by atoms with Crippen LogP contribution < -0.4 is 15.5 Å². The first-order chi connectivity index (χ1) is 27.6. The molecule has 56 heavy (non-hydrogen) atoms. The molecule has 0 bridgehead atoms. The van der Waals surface area contributed by atoms with E-state index in [1.807, 2.05) is 103 Å². The largest absolute Gasteiger partial charge is 0.308 e. The number of anilines is 2. The van der Waals surface area contributed by atoms with Crippen molar-refractivity contribution in [3.63, 3.8) is 0 Å². The zero-order chi connectivity index (χ0) is 37.6. The Hall–Kier alpha value is -7.77. The second-order valence-electron chi connectivity index (χ2n) is 13.6. The van der Waals surface area contributed by atoms with Gasteiger partial charge in [0.2, 0.25) is 5.95 Å². The van der Waals surface area contributed by atoms with Crippen LogP contribution in [0.5, 0.6) is 0 Å². The lowest BCUT2D eigenvalue weighted by Gasteiger charge is -2.18. The smallest absolute Gasteiger partial charge is 0.240 e. The van der Waals surface area contributed by atoms with Gasteiger partial charge in [0.15, 0.2) is 11.6 Å². The van der Waals surface area contributed by atoms with Crippen LogP contribution in [0, 0.1) is 5.41 Å². The SMILES string of the molecule is C=c1/c(=C2\C(=N)N(c3nc(-c4cccc(-c5ccccc5)c4)nc(-c4cccc(-c5ccccc5)c4)n3)c3cccnc32)n(-c2ccccc2)c2ccccc12. The molecular weight excluding hydrogens is 687 g/mol. The number of nitrogens with one attached hydrogen (secondary N) is 1. The van der Waals surface area contributed by atoms with Gasteiger partial charge in [-0.25, -0.2) is 4.98 Å². The molecule has 264 valence electrons. The van der Waals surface area contributed by atoms with E-state index >= 15 is 0 Å². The number of hydrogen-bond acceptors (Lipinski definition) is 5. The Labute approximate surface area is 323 Å². The summed E-state index contributed by atoms with van der Waals surface area (Å²) in [6.45, 7) is 4.59. The summed E-state index contributed by atoms with van der Waals surface area (Å²) in [6, 6.07) is 59.3. The highest BCUT2D eigenvalue weighted by molar-refractivity contribution is 6.35. The molecule has 6 aromatic carbocycles. The molecule has 0 radical (unpaired) electrons. The van der Waals surface area contributed by atoms with E-state index in [1.165, 1.54) is 0 Å². The minimum atomic E-state index is 0.197. The molecule has 7 heteroatoms. The van der Waals surface area contributed by atoms with Crippen LogP contribution in [0.2, 0.25) is 0 Å². The Balaban J connectivity index is 1.21. The van der Waals surface area contributed by atoms with Crippen LogP contribution in [-0.2, 0) is 0 Å². The van der Waals surface area contributed by atoms with Gasteiger partial charge in [-0.1, -0.05) is 140 Å². The van der Waals surface area contributed by atoms with Gasteiger partial charge in [0.1, 0.15) is 11.5 Å². The number of para-hydroxylation sites is 2. The van der Waals surface area contributed by atoms with Crippen LogP contribution in [0.4, 0.5) is 11.6 Å². The fourth-order valence-corrected chi connectivity index (χ4v) is 7.62. The van der Waals surface area contributed by atoms with E-state index in [9.17, 15) is 5.41 Å². The standard InChI is InChI=1S/C49H33N7/c1-32-40-26-11-12-27-41(40)55(39-24-9-4-10-25-39)45(32)43-44-42(28-15-29-51-44)56(46(43)50)49-53-47(37-22-13-20-35(30-37)33-16-5-2-6-17-33)52-48(54-49)38-23-14-21-36(31-38)34-18-7-3-8-19-34/h2-31,50H,1H2/b45-43+,50-46?. The third kappa shape index (κ3) is 5.58. The second-order valence-corrected chi connectivity index (χ2v) is 13.6. The van der Waals surface area contributed by atoms with Gasteiger partial charge < -0.3 is 4.57 Å². The summed E-state index contributed by atoms with van der Waals surface area (Å²) in [5, 5.41) is 12.6. The Kier molecular flexibility index (Phi) is 7.96. The number of pyridine rings is 1. The van der Waals surface area contributed by atoms with Gasteiger partial charge in [0, 0.05) is 33.6 Å². The molecule has 1 aliphatic rings. The number of amidine groups is 1. The van der Waals surface area contributed by atoms with Gasteiger partial charge in [-0.05, 0) is 64.7 Å². The average Bonchev–Trinajstić information content (AvgIpc) is 3.73. The quantitative estimate of drug-likeness (QED) is 0.185. The molecular formula is C49H33N7. The fourth-order valence-electron chi connectivity index (χ4n) is 7.62. The summed E-state index contributed by atoms with van der Waals surface area (Å²) in [5.74, 6) is 1.51. The molecule has 9 aromatic rings. The Morgan fingerprint density at radius 2 is 1.04 bits per heavy atom. The Morgan fingerprint density at radius 3 is 1.66 bits per heavy atom. The van der Waals surface area contributed by atoms with E-state index in [0.29, 0.717) is 34.6 Å². The van der Waals surface area contributed by atoms with Crippen molar-refractivity contribution >= 4 is 40.5 Å². The molecule has 0 saturated carbocycles. The third-order valence-electron chi connectivity index (χ3n) is 10.2. The summed E-state index contributed by atoms with van der Waals surface area (Å²) >= 11 is 0. The fraction of sp³-hybridized carbons (Fsp3) is 0. The van der Waals surface area contributed by atoms with Gasteiger partial charge in [-0.15, -0.1) is 0 Å². The zero-order valence-corrected chi connectivity index (χ0v) is 30.2. The van der Waals surface area contributed by atoms with Crippen molar-refractivity contribution < 1.29 is 0 Å². The van der Waals surface area contributed by atoms with Gasteiger partial charge >= 0.3 is 0 Å². The van der Waals surface area contributed by atoms with Crippen molar-refractivity contribution in [2.24, 2.45) is 0 Å². The lowest BCUT2D eigenvalue weighted by Crippen LogP contribution is -2.34. The molecule has 0 amide bonds. The molecule has 0 spiro atoms. The lowest BCUT2D eigenvalue weighted by molar-refractivity contribution is 1.03. The van der Waals surface area contributed by atoms with Crippen molar-refractivity contribution in [2.45, 2.75) is 0 Å². The molecule has 0 aliphatic carbocycles. The summed E-state index contributed by atoms with van der Waals surface area (Å²) in [6.07, 6.45) is 1.77. The first kappa shape index (κ1) is 32.8. The zero-order valence-electron chi connectivity index (χ0n) is 30.2. The number of hydrogen-bond donors (Lipinski definition) is 1. The Bertz CT molecular complexity index is 2960. The molecule has 4 heterocycles. The van der Waals surface area contributed by atoms with E-state index in [1.54, 1.807) is 11.1 Å². The highest BCUT2D eigenvalue weighted by Crippen LogP contribution is 2.39. The molecule has 0 atom stereocenters. The molecule has 10 rings (SSSR count). The van der Waals surface area contributed by atoms with Crippen molar-refractivity contribution in [3.05, 3.63) is 198 Å². The Morgan fingerprint density at radius 1 is 0.500 bits per heavy atom. The van der Waals surface area contributed by atoms with E-state index < -0.39 is 0 Å². The summed E-state index contributed by atoms with van der Waals surface area (Å²) in [4.78, 5) is 22.1. The van der Waals surface area contributed by atoms with E-state index in [-0.39, 0.29) is 5.84 Å². The molecule has 0 fully saturated rings. The summed E-state index contributed by atoms with van der Waals surface area (Å²) < 4.78 is 2.18. The van der Waals surface area contributed by atoms with Gasteiger partial charge in [0.05, 0.1) is 22.1 Å². The van der Waals surface area contributed by atoms with E-state index in [0.717, 1.165) is 60.5 Å². The summed E-state index contributed by atoms with van der Waals surface area (Å²) in [7, 11) is 0. The predicted octanol–water partition coefficient (Wildman–Crippen LogP) is 9.62. The van der Waals surface area contributed by atoms with Gasteiger partial charge in [-0.2, -0.15) is 9.97 Å². The molecule has 1 aliphatic heterocycles. The topological polar surface area (TPSA) is 83.6 Å². The lowest BCUT2D eigenvalue weighted by atomic mass is 10.0. The third-order valence-corrected chi connectivity index (χ3v) is 10.2. The molecule has 1 N–H and O–H groups in total. The number of rotatable bonds is 6. The highest BCUT2D eigenvalue weighted by atomic mass is 15.3. The maximum Gasteiger partial charge on any atom is 0.240 e. The minimum absolute atomic E-state index is 0.197. The maximum atomic E-state index is 10.0. The number of benzene rings is 6. The maximum absolute atomic E-state index is 10.0. The number of fused-ring (bicyclic) bond motifs is 2. The first-order valence-electron chi connectivity index (χ1n) is 18.4. The van der Waals surface area contributed by atoms with Crippen LogP contribution in [-0.4, -0.2) is 30.3 Å². The monoisotopic (exact) mass is 719 g/mol. The van der Waals surface area contributed by atoms with Crippen molar-refractivity contribution in [2.75, 3.05) is 4.90 Å². The molecule has 3 aromatic heterocycles. The van der Waals surface area contributed by atoms with Crippen molar-refractivity contribution in [3.8, 4) is 50.7 Å². The van der Waals surface area contributed by atoms with Crippen LogP contribution in [0.1, 0.15) is 5.69 Å². The average molecular weight is 720 g/mol. The van der Waals surface area contributed by atoms with Gasteiger partial charge in [0.25, 0.3) is 0 Å². The van der Waals surface area contributed by atoms with Crippen molar-refractivity contribution in [1.29, 1.82) is 5.41 Å². The summed E-state index contributed by atoms with van der Waals surface area (Å²) in [5.41, 5.74) is 9.92. The number of nitrogens with zero attached hydrogens (tertiary/aromatic N) is 6. The van der Waals surface area contributed by atoms with Crippen LogP contribution in [0.3, 0.4) is 0 Å². The normalized spacial score (nSPS) is 13.3. The first-order valence-corrected chi connectivity index (χ1v) is 18.4. The van der Waals surface area contributed by atoms with Crippen LogP contribution in [0.25, 0.3) is 73.8 Å². The second kappa shape index (κ2) is 13.6. The molecule has 7 nitrogen and oxygen atoms in total. The minimum Gasteiger partial charge on any atom is -0.308 e. The highest BCUT2D eigenvalue weighted by Gasteiger charge is 2.36.